The number of aromatic nitrogens is 1. The maximum atomic E-state index is 12.3. The number of hydrogen-bond donors (Lipinski definition) is 0. The summed E-state index contributed by atoms with van der Waals surface area (Å²) in [5, 5.41) is 0. The molecule has 0 N–H and O–H groups in total. The Balaban J connectivity index is 1.78. The van der Waals surface area contributed by atoms with E-state index in [0.29, 0.717) is 12.0 Å². The molecule has 4 heteroatoms. The number of rotatable bonds is 4. The van der Waals surface area contributed by atoms with Crippen LogP contribution in [0.5, 0.6) is 0 Å². The first kappa shape index (κ1) is 14.2. The van der Waals surface area contributed by atoms with E-state index in [4.69, 9.17) is 0 Å². The Morgan fingerprint density at radius 3 is 2.86 bits per heavy atom. The lowest BCUT2D eigenvalue weighted by molar-refractivity contribution is -0.117. The van der Waals surface area contributed by atoms with Gasteiger partial charge in [-0.3, -0.25) is 14.6 Å². The Morgan fingerprint density at radius 2 is 2.14 bits per heavy atom. The van der Waals surface area contributed by atoms with Crippen LogP contribution in [0.15, 0.2) is 54.9 Å². The Bertz CT molecular complexity index is 723. The van der Waals surface area contributed by atoms with Gasteiger partial charge in [0.15, 0.2) is 5.78 Å². The Hall–Kier alpha value is -2.75. The van der Waals surface area contributed by atoms with E-state index >= 15 is 0 Å². The minimum atomic E-state index is -0.0858. The number of nitrogens with zero attached hydrogens (tertiary/aromatic N) is 2. The van der Waals surface area contributed by atoms with E-state index in [1.54, 1.807) is 35.5 Å². The summed E-state index contributed by atoms with van der Waals surface area (Å²) in [6.45, 7) is 0.724. The van der Waals surface area contributed by atoms with Gasteiger partial charge in [-0.15, -0.1) is 0 Å². The van der Waals surface area contributed by atoms with Gasteiger partial charge in [0.1, 0.15) is 0 Å². The summed E-state index contributed by atoms with van der Waals surface area (Å²) in [5.41, 5.74) is 2.25. The number of anilines is 1. The average molecular weight is 292 g/mol. The number of carbonyl (C=O) groups is 2. The summed E-state index contributed by atoms with van der Waals surface area (Å²) < 4.78 is 0. The largest absolute Gasteiger partial charge is 0.312 e. The molecule has 0 spiro atoms. The van der Waals surface area contributed by atoms with Crippen molar-refractivity contribution in [2.24, 2.45) is 0 Å². The molecule has 1 aromatic heterocycles. The standard InChI is InChI=1S/C18H16N2O2/c21-17(9-8-14-4-2-10-19-13-14)15-5-1-6-16(12-15)20-11-3-7-18(20)22/h1-2,4-6,8-10,12-13H,3,7,11H2/b9-8+. The van der Waals surface area contributed by atoms with E-state index < -0.39 is 0 Å². The zero-order valence-corrected chi connectivity index (χ0v) is 12.1. The molecular formula is C18H16N2O2. The molecule has 1 aliphatic heterocycles. The van der Waals surface area contributed by atoms with Crippen LogP contribution in [0.2, 0.25) is 0 Å². The first-order chi connectivity index (χ1) is 10.7. The van der Waals surface area contributed by atoms with Crippen molar-refractivity contribution >= 4 is 23.5 Å². The summed E-state index contributed by atoms with van der Waals surface area (Å²) >= 11 is 0. The number of benzene rings is 1. The van der Waals surface area contributed by atoms with Gasteiger partial charge in [-0.25, -0.2) is 0 Å². The van der Waals surface area contributed by atoms with Crippen LogP contribution in [0.3, 0.4) is 0 Å². The maximum Gasteiger partial charge on any atom is 0.227 e. The molecular weight excluding hydrogens is 276 g/mol. The Kier molecular flexibility index (Phi) is 4.10. The lowest BCUT2D eigenvalue weighted by atomic mass is 10.1. The topological polar surface area (TPSA) is 50.3 Å². The summed E-state index contributed by atoms with van der Waals surface area (Å²) in [6, 6.07) is 10.9. The minimum absolute atomic E-state index is 0.0858. The molecule has 2 aromatic rings. The minimum Gasteiger partial charge on any atom is -0.312 e. The molecule has 4 nitrogen and oxygen atoms in total. The van der Waals surface area contributed by atoms with E-state index in [1.807, 2.05) is 24.3 Å². The lowest BCUT2D eigenvalue weighted by Crippen LogP contribution is -2.23. The predicted molar refractivity (Wildman–Crippen MR) is 85.6 cm³/mol. The van der Waals surface area contributed by atoms with Gasteiger partial charge in [0.2, 0.25) is 5.91 Å². The van der Waals surface area contributed by atoms with E-state index in [-0.39, 0.29) is 11.7 Å². The van der Waals surface area contributed by atoms with Gasteiger partial charge in [-0.05, 0) is 42.3 Å². The van der Waals surface area contributed by atoms with E-state index in [0.717, 1.165) is 24.2 Å². The van der Waals surface area contributed by atoms with Crippen LogP contribution in [-0.2, 0) is 4.79 Å². The van der Waals surface area contributed by atoms with Gasteiger partial charge in [0.05, 0.1) is 0 Å². The van der Waals surface area contributed by atoms with Gasteiger partial charge in [0, 0.05) is 36.6 Å². The van der Waals surface area contributed by atoms with Crippen molar-refractivity contribution in [1.29, 1.82) is 0 Å². The van der Waals surface area contributed by atoms with Crippen molar-refractivity contribution < 1.29 is 9.59 Å². The van der Waals surface area contributed by atoms with E-state index in [1.165, 1.54) is 6.08 Å². The molecule has 0 atom stereocenters. The molecule has 3 rings (SSSR count). The molecule has 2 heterocycles. The third kappa shape index (κ3) is 3.11. The maximum absolute atomic E-state index is 12.3. The van der Waals surface area contributed by atoms with Gasteiger partial charge < -0.3 is 4.90 Å². The summed E-state index contributed by atoms with van der Waals surface area (Å²) in [6.07, 6.45) is 8.11. The molecule has 0 bridgehead atoms. The molecule has 0 aliphatic carbocycles. The van der Waals surface area contributed by atoms with Gasteiger partial charge in [0.25, 0.3) is 0 Å². The van der Waals surface area contributed by atoms with Crippen molar-refractivity contribution in [1.82, 2.24) is 4.98 Å². The number of hydrogen-bond acceptors (Lipinski definition) is 3. The summed E-state index contributed by atoms with van der Waals surface area (Å²) in [7, 11) is 0. The van der Waals surface area contributed by atoms with Crippen molar-refractivity contribution in [3.05, 3.63) is 66.0 Å². The van der Waals surface area contributed by atoms with Gasteiger partial charge >= 0.3 is 0 Å². The van der Waals surface area contributed by atoms with Gasteiger partial charge in [-0.2, -0.15) is 0 Å². The van der Waals surface area contributed by atoms with Crippen molar-refractivity contribution in [2.45, 2.75) is 12.8 Å². The molecule has 1 amide bonds. The van der Waals surface area contributed by atoms with Crippen LogP contribution in [0, 0.1) is 0 Å². The summed E-state index contributed by atoms with van der Waals surface area (Å²) in [5.74, 6) is 0.0350. The quantitative estimate of drug-likeness (QED) is 0.642. The fourth-order valence-electron chi connectivity index (χ4n) is 2.49. The molecule has 110 valence electrons. The normalized spacial score (nSPS) is 14.7. The monoisotopic (exact) mass is 292 g/mol. The van der Waals surface area contributed by atoms with Crippen LogP contribution < -0.4 is 4.90 Å². The molecule has 0 saturated carbocycles. The highest BCUT2D eigenvalue weighted by Crippen LogP contribution is 2.22. The SMILES string of the molecule is O=C(/C=C/c1cccnc1)c1cccc(N2CCCC2=O)c1. The van der Waals surface area contributed by atoms with Gasteiger partial charge in [-0.1, -0.05) is 18.2 Å². The predicted octanol–water partition coefficient (Wildman–Crippen LogP) is 3.10. The van der Waals surface area contributed by atoms with Crippen molar-refractivity contribution in [3.8, 4) is 0 Å². The lowest BCUT2D eigenvalue weighted by Gasteiger charge is -2.16. The highest BCUT2D eigenvalue weighted by Gasteiger charge is 2.21. The number of ketones is 1. The van der Waals surface area contributed by atoms with Crippen LogP contribution >= 0.6 is 0 Å². The molecule has 0 radical (unpaired) electrons. The van der Waals surface area contributed by atoms with Crippen LogP contribution in [-0.4, -0.2) is 23.2 Å². The number of pyridine rings is 1. The second-order valence-electron chi connectivity index (χ2n) is 5.18. The fraction of sp³-hybridized carbons (Fsp3) is 0.167. The highest BCUT2D eigenvalue weighted by atomic mass is 16.2. The zero-order chi connectivity index (χ0) is 15.4. The van der Waals surface area contributed by atoms with Crippen molar-refractivity contribution in [2.75, 3.05) is 11.4 Å². The van der Waals surface area contributed by atoms with E-state index in [2.05, 4.69) is 4.98 Å². The van der Waals surface area contributed by atoms with Crippen LogP contribution in [0.25, 0.3) is 6.08 Å². The number of amides is 1. The molecule has 1 aromatic carbocycles. The molecule has 1 fully saturated rings. The molecule has 22 heavy (non-hydrogen) atoms. The second-order valence-corrected chi connectivity index (χ2v) is 5.18. The van der Waals surface area contributed by atoms with Crippen LogP contribution in [0.4, 0.5) is 5.69 Å². The number of carbonyl (C=O) groups excluding carboxylic acids is 2. The van der Waals surface area contributed by atoms with E-state index in [9.17, 15) is 9.59 Å². The Morgan fingerprint density at radius 1 is 1.23 bits per heavy atom. The number of allylic oxidation sites excluding steroid dienone is 1. The second kappa shape index (κ2) is 6.35. The summed E-state index contributed by atoms with van der Waals surface area (Å²) in [4.78, 5) is 29.8. The molecule has 0 unspecified atom stereocenters. The average Bonchev–Trinajstić information content (AvgIpc) is 3.00. The van der Waals surface area contributed by atoms with Crippen molar-refractivity contribution in [3.63, 3.8) is 0 Å². The first-order valence-corrected chi connectivity index (χ1v) is 7.27. The van der Waals surface area contributed by atoms with Crippen LogP contribution in [0.1, 0.15) is 28.8 Å². The zero-order valence-electron chi connectivity index (χ0n) is 12.1. The third-order valence-electron chi connectivity index (χ3n) is 3.63. The highest BCUT2D eigenvalue weighted by molar-refractivity contribution is 6.08. The smallest absolute Gasteiger partial charge is 0.227 e. The Labute approximate surface area is 129 Å². The molecule has 1 saturated heterocycles. The fourth-order valence-corrected chi connectivity index (χ4v) is 2.49. The molecule has 1 aliphatic rings. The first-order valence-electron chi connectivity index (χ1n) is 7.27. The third-order valence-corrected chi connectivity index (χ3v) is 3.63.